The van der Waals surface area contributed by atoms with E-state index >= 15 is 0 Å². The summed E-state index contributed by atoms with van der Waals surface area (Å²) in [5.41, 5.74) is 1.49. The van der Waals surface area contributed by atoms with E-state index in [0.29, 0.717) is 11.7 Å². The highest BCUT2D eigenvalue weighted by Crippen LogP contribution is 2.33. The van der Waals surface area contributed by atoms with Crippen molar-refractivity contribution in [2.45, 2.75) is 58.5 Å². The van der Waals surface area contributed by atoms with Crippen molar-refractivity contribution in [2.75, 3.05) is 0 Å². The minimum atomic E-state index is -0.445. The van der Waals surface area contributed by atoms with Crippen molar-refractivity contribution in [2.24, 2.45) is 0 Å². The zero-order chi connectivity index (χ0) is 15.9. The number of nitrogens with one attached hydrogen (secondary N) is 1. The van der Waals surface area contributed by atoms with E-state index in [4.69, 9.17) is 9.72 Å². The number of imidazole rings is 1. The zero-order valence-electron chi connectivity index (χ0n) is 13.6. The minimum Gasteiger partial charge on any atom is -0.408 e. The molecule has 2 aromatic rings. The molecule has 0 aliphatic carbocycles. The lowest BCUT2D eigenvalue weighted by Crippen LogP contribution is -2.42. The van der Waals surface area contributed by atoms with E-state index in [2.05, 4.69) is 16.8 Å². The molecule has 5 nitrogen and oxygen atoms in total. The summed E-state index contributed by atoms with van der Waals surface area (Å²) >= 11 is 0. The molecular weight excluding hydrogens is 278 g/mol. The number of hydrogen-bond acceptors (Lipinski definition) is 3. The van der Waals surface area contributed by atoms with E-state index in [1.54, 1.807) is 6.07 Å². The van der Waals surface area contributed by atoms with E-state index in [1.165, 1.54) is 0 Å². The molecule has 1 aliphatic heterocycles. The van der Waals surface area contributed by atoms with E-state index in [9.17, 15) is 4.79 Å². The Morgan fingerprint density at radius 1 is 1.41 bits per heavy atom. The number of ether oxygens (including phenoxy) is 1. The van der Waals surface area contributed by atoms with E-state index in [0.717, 1.165) is 36.2 Å². The van der Waals surface area contributed by atoms with Gasteiger partial charge in [0.05, 0.1) is 5.52 Å². The van der Waals surface area contributed by atoms with Gasteiger partial charge in [-0.25, -0.2) is 9.78 Å². The van der Waals surface area contributed by atoms with Crippen molar-refractivity contribution in [3.63, 3.8) is 0 Å². The van der Waals surface area contributed by atoms with Gasteiger partial charge in [0.15, 0.2) is 5.75 Å². The van der Waals surface area contributed by atoms with Crippen LogP contribution in [-0.4, -0.2) is 21.2 Å². The SMILES string of the molecule is CC1CCCn2c1nc1c(OC(=O)NC(C)(C)C)cccc12. The van der Waals surface area contributed by atoms with Crippen LogP contribution in [0.3, 0.4) is 0 Å². The summed E-state index contributed by atoms with van der Waals surface area (Å²) in [4.78, 5) is 16.8. The molecule has 1 N–H and O–H groups in total. The Kier molecular flexibility index (Phi) is 3.59. The molecule has 1 amide bonds. The van der Waals surface area contributed by atoms with Gasteiger partial charge >= 0.3 is 6.09 Å². The van der Waals surface area contributed by atoms with Crippen molar-refractivity contribution in [3.8, 4) is 5.75 Å². The van der Waals surface area contributed by atoms with Gasteiger partial charge in [0.2, 0.25) is 0 Å². The molecule has 1 aromatic heterocycles. The molecule has 1 aliphatic rings. The first-order valence-corrected chi connectivity index (χ1v) is 7.84. The first kappa shape index (κ1) is 14.9. The molecule has 1 aromatic carbocycles. The fourth-order valence-electron chi connectivity index (χ4n) is 2.95. The monoisotopic (exact) mass is 301 g/mol. The first-order valence-electron chi connectivity index (χ1n) is 7.84. The second-order valence-electron chi connectivity index (χ2n) is 7.05. The van der Waals surface area contributed by atoms with Gasteiger partial charge in [0.1, 0.15) is 11.3 Å². The number of carbonyl (C=O) groups is 1. The van der Waals surface area contributed by atoms with Crippen LogP contribution in [0.25, 0.3) is 11.0 Å². The van der Waals surface area contributed by atoms with Gasteiger partial charge in [-0.15, -0.1) is 0 Å². The molecule has 2 heterocycles. The number of benzene rings is 1. The van der Waals surface area contributed by atoms with Crippen LogP contribution in [0.5, 0.6) is 5.75 Å². The van der Waals surface area contributed by atoms with Crippen molar-refractivity contribution in [1.82, 2.24) is 14.9 Å². The second kappa shape index (κ2) is 5.30. The van der Waals surface area contributed by atoms with Gasteiger partial charge in [0.25, 0.3) is 0 Å². The topological polar surface area (TPSA) is 56.2 Å². The second-order valence-corrected chi connectivity index (χ2v) is 7.05. The van der Waals surface area contributed by atoms with Crippen LogP contribution in [0, 0.1) is 0 Å². The Labute approximate surface area is 130 Å². The van der Waals surface area contributed by atoms with Crippen LogP contribution in [0.1, 0.15) is 52.3 Å². The molecule has 3 rings (SSSR count). The molecular formula is C17H23N3O2. The molecule has 118 valence electrons. The predicted molar refractivity (Wildman–Crippen MR) is 86.3 cm³/mol. The Morgan fingerprint density at radius 3 is 2.91 bits per heavy atom. The summed E-state index contributed by atoms with van der Waals surface area (Å²) in [6, 6.07) is 5.75. The summed E-state index contributed by atoms with van der Waals surface area (Å²) in [7, 11) is 0. The van der Waals surface area contributed by atoms with Gasteiger partial charge in [0, 0.05) is 18.0 Å². The number of hydrogen-bond donors (Lipinski definition) is 1. The number of amides is 1. The quantitative estimate of drug-likeness (QED) is 0.871. The Morgan fingerprint density at radius 2 is 2.18 bits per heavy atom. The van der Waals surface area contributed by atoms with Crippen LogP contribution in [0.2, 0.25) is 0 Å². The van der Waals surface area contributed by atoms with Crippen LogP contribution in [-0.2, 0) is 6.54 Å². The molecule has 5 heteroatoms. The summed E-state index contributed by atoms with van der Waals surface area (Å²) in [5, 5.41) is 2.81. The number of nitrogens with zero attached hydrogens (tertiary/aromatic N) is 2. The highest BCUT2D eigenvalue weighted by atomic mass is 16.6. The molecule has 22 heavy (non-hydrogen) atoms. The summed E-state index contributed by atoms with van der Waals surface area (Å²) < 4.78 is 7.74. The van der Waals surface area contributed by atoms with E-state index in [1.807, 2.05) is 32.9 Å². The lowest BCUT2D eigenvalue weighted by molar-refractivity contribution is 0.191. The summed E-state index contributed by atoms with van der Waals surface area (Å²) in [5.74, 6) is 2.05. The fraction of sp³-hybridized carbons (Fsp3) is 0.529. The van der Waals surface area contributed by atoms with Crippen molar-refractivity contribution in [1.29, 1.82) is 0 Å². The number of para-hydroxylation sites is 1. The fourth-order valence-corrected chi connectivity index (χ4v) is 2.95. The Hall–Kier alpha value is -2.04. The van der Waals surface area contributed by atoms with Gasteiger partial charge in [-0.3, -0.25) is 0 Å². The third-order valence-electron chi connectivity index (χ3n) is 3.91. The first-order chi connectivity index (χ1) is 10.3. The molecule has 0 saturated carbocycles. The van der Waals surface area contributed by atoms with Gasteiger partial charge < -0.3 is 14.6 Å². The van der Waals surface area contributed by atoms with Crippen LogP contribution < -0.4 is 10.1 Å². The standard InChI is InChI=1S/C17H23N3O2/c1-11-7-6-10-20-12-8-5-9-13(14(12)18-15(11)20)22-16(21)19-17(2,3)4/h5,8-9,11H,6-7,10H2,1-4H3,(H,19,21). The highest BCUT2D eigenvalue weighted by Gasteiger charge is 2.23. The van der Waals surface area contributed by atoms with E-state index in [-0.39, 0.29) is 5.54 Å². The molecule has 1 unspecified atom stereocenters. The molecule has 1 atom stereocenters. The zero-order valence-corrected chi connectivity index (χ0v) is 13.6. The Bertz CT molecular complexity index is 712. The largest absolute Gasteiger partial charge is 0.413 e. The lowest BCUT2D eigenvalue weighted by Gasteiger charge is -2.20. The average Bonchev–Trinajstić information content (AvgIpc) is 2.78. The maximum atomic E-state index is 12.0. The minimum absolute atomic E-state index is 0.326. The average molecular weight is 301 g/mol. The molecule has 0 radical (unpaired) electrons. The van der Waals surface area contributed by atoms with Gasteiger partial charge in [-0.2, -0.15) is 0 Å². The smallest absolute Gasteiger partial charge is 0.408 e. The molecule has 0 saturated heterocycles. The highest BCUT2D eigenvalue weighted by molar-refractivity contribution is 5.85. The number of carbonyl (C=O) groups excluding carboxylic acids is 1. The normalized spacial score (nSPS) is 18.1. The maximum absolute atomic E-state index is 12.0. The molecule has 0 spiro atoms. The van der Waals surface area contributed by atoms with Crippen LogP contribution in [0.4, 0.5) is 4.79 Å². The maximum Gasteiger partial charge on any atom is 0.413 e. The van der Waals surface area contributed by atoms with E-state index < -0.39 is 6.09 Å². The third kappa shape index (κ3) is 2.80. The van der Waals surface area contributed by atoms with Crippen molar-refractivity contribution < 1.29 is 9.53 Å². The van der Waals surface area contributed by atoms with Crippen molar-refractivity contribution >= 4 is 17.1 Å². The number of aromatic nitrogens is 2. The third-order valence-corrected chi connectivity index (χ3v) is 3.91. The lowest BCUT2D eigenvalue weighted by atomic mass is 10.0. The Balaban J connectivity index is 1.96. The predicted octanol–water partition coefficient (Wildman–Crippen LogP) is 3.82. The van der Waals surface area contributed by atoms with Crippen LogP contribution >= 0.6 is 0 Å². The molecule has 0 bridgehead atoms. The van der Waals surface area contributed by atoms with Crippen molar-refractivity contribution in [3.05, 3.63) is 24.0 Å². The number of rotatable bonds is 1. The number of fused-ring (bicyclic) bond motifs is 3. The molecule has 0 fully saturated rings. The summed E-state index contributed by atoms with van der Waals surface area (Å²) in [6.45, 7) is 8.95. The van der Waals surface area contributed by atoms with Gasteiger partial charge in [-0.05, 0) is 45.7 Å². The number of aryl methyl sites for hydroxylation is 1. The van der Waals surface area contributed by atoms with Gasteiger partial charge in [-0.1, -0.05) is 13.0 Å². The van der Waals surface area contributed by atoms with Crippen LogP contribution in [0.15, 0.2) is 18.2 Å². The summed E-state index contributed by atoms with van der Waals surface area (Å²) in [6.07, 6.45) is 1.87.